The Labute approximate surface area is 134 Å². The Kier molecular flexibility index (Phi) is 6.68. The predicted octanol–water partition coefficient (Wildman–Crippen LogP) is 2.28. The van der Waals surface area contributed by atoms with Crippen LogP contribution in [-0.4, -0.2) is 43.5 Å². The highest BCUT2D eigenvalue weighted by Gasteiger charge is 2.32. The van der Waals surface area contributed by atoms with Crippen LogP contribution in [0.25, 0.3) is 0 Å². The van der Waals surface area contributed by atoms with Crippen molar-refractivity contribution in [3.63, 3.8) is 0 Å². The molecule has 128 valence electrons. The van der Waals surface area contributed by atoms with Crippen LogP contribution < -0.4 is 5.32 Å². The van der Waals surface area contributed by atoms with E-state index >= 15 is 0 Å². The summed E-state index contributed by atoms with van der Waals surface area (Å²) in [6.07, 6.45) is 9.92. The quantitative estimate of drug-likeness (QED) is 0.860. The number of rotatable bonds is 4. The highest BCUT2D eigenvalue weighted by molar-refractivity contribution is 7.89. The monoisotopic (exact) mass is 330 g/mol. The molecule has 22 heavy (non-hydrogen) atoms. The van der Waals surface area contributed by atoms with Crippen LogP contribution in [0.15, 0.2) is 0 Å². The molecule has 1 amide bonds. The molecule has 5 nitrogen and oxygen atoms in total. The van der Waals surface area contributed by atoms with Gasteiger partial charge in [0, 0.05) is 19.1 Å². The highest BCUT2D eigenvalue weighted by Crippen LogP contribution is 2.21. The van der Waals surface area contributed by atoms with E-state index in [1.165, 1.54) is 36.4 Å². The number of nitrogens with zero attached hydrogens (tertiary/aromatic N) is 1. The fourth-order valence-corrected chi connectivity index (χ4v) is 4.69. The van der Waals surface area contributed by atoms with Crippen molar-refractivity contribution in [1.82, 2.24) is 9.62 Å². The molecule has 1 saturated carbocycles. The maximum Gasteiger partial charge on any atom is 0.224 e. The lowest BCUT2D eigenvalue weighted by atomic mass is 9.94. The Morgan fingerprint density at radius 1 is 1.05 bits per heavy atom. The van der Waals surface area contributed by atoms with E-state index in [4.69, 9.17) is 0 Å². The molecule has 0 aromatic rings. The SMILES string of the molecule is CCS(=O)(=O)N1CCCC(C(=O)NC2CCCCCCC2)C1. The zero-order valence-electron chi connectivity index (χ0n) is 13.7. The van der Waals surface area contributed by atoms with Crippen molar-refractivity contribution in [1.29, 1.82) is 0 Å². The van der Waals surface area contributed by atoms with E-state index in [1.54, 1.807) is 6.92 Å². The molecule has 0 bridgehead atoms. The molecule has 2 fully saturated rings. The molecule has 2 rings (SSSR count). The van der Waals surface area contributed by atoms with Gasteiger partial charge in [-0.15, -0.1) is 0 Å². The molecular weight excluding hydrogens is 300 g/mol. The van der Waals surface area contributed by atoms with Gasteiger partial charge in [-0.2, -0.15) is 0 Å². The summed E-state index contributed by atoms with van der Waals surface area (Å²) < 4.78 is 25.5. The molecule has 2 aliphatic rings. The van der Waals surface area contributed by atoms with Crippen LogP contribution >= 0.6 is 0 Å². The zero-order valence-corrected chi connectivity index (χ0v) is 14.5. The standard InChI is InChI=1S/C16H30N2O3S/c1-2-22(20,21)18-12-8-9-14(13-18)16(19)17-15-10-6-4-3-5-7-11-15/h14-15H,2-13H2,1H3,(H,17,19). The number of piperidine rings is 1. The first kappa shape index (κ1) is 17.7. The Hall–Kier alpha value is -0.620. The minimum absolute atomic E-state index is 0.0570. The number of hydrogen-bond acceptors (Lipinski definition) is 3. The lowest BCUT2D eigenvalue weighted by Gasteiger charge is -2.32. The normalized spacial score (nSPS) is 26.1. The number of nitrogens with one attached hydrogen (secondary N) is 1. The van der Waals surface area contributed by atoms with Crippen molar-refractivity contribution in [2.24, 2.45) is 5.92 Å². The number of carbonyl (C=O) groups excluding carboxylic acids is 1. The number of amides is 1. The molecule has 1 unspecified atom stereocenters. The molecule has 1 aliphatic carbocycles. The van der Waals surface area contributed by atoms with Crippen LogP contribution in [0.1, 0.15) is 64.7 Å². The summed E-state index contributed by atoms with van der Waals surface area (Å²) in [5.41, 5.74) is 0. The first-order valence-corrected chi connectivity index (χ1v) is 10.4. The highest BCUT2D eigenvalue weighted by atomic mass is 32.2. The molecular formula is C16H30N2O3S. The molecule has 6 heteroatoms. The summed E-state index contributed by atoms with van der Waals surface area (Å²) in [7, 11) is -3.18. The van der Waals surface area contributed by atoms with Gasteiger partial charge in [-0.05, 0) is 32.6 Å². The summed E-state index contributed by atoms with van der Waals surface area (Å²) in [6.45, 7) is 2.58. The zero-order chi connectivity index (χ0) is 16.0. The van der Waals surface area contributed by atoms with E-state index in [2.05, 4.69) is 5.32 Å². The molecule has 1 saturated heterocycles. The van der Waals surface area contributed by atoms with Crippen molar-refractivity contribution < 1.29 is 13.2 Å². The molecule has 0 radical (unpaired) electrons. The topological polar surface area (TPSA) is 66.5 Å². The van der Waals surface area contributed by atoms with Gasteiger partial charge in [0.1, 0.15) is 0 Å². The van der Waals surface area contributed by atoms with E-state index in [0.29, 0.717) is 13.1 Å². The van der Waals surface area contributed by atoms with Crippen LogP contribution in [-0.2, 0) is 14.8 Å². The van der Waals surface area contributed by atoms with E-state index in [1.807, 2.05) is 0 Å². The third-order valence-electron chi connectivity index (χ3n) is 4.96. The molecule has 1 heterocycles. The van der Waals surface area contributed by atoms with Gasteiger partial charge in [0.05, 0.1) is 11.7 Å². The molecule has 1 N–H and O–H groups in total. The van der Waals surface area contributed by atoms with Crippen molar-refractivity contribution in [3.8, 4) is 0 Å². The van der Waals surface area contributed by atoms with Crippen molar-refractivity contribution in [3.05, 3.63) is 0 Å². The van der Waals surface area contributed by atoms with E-state index < -0.39 is 10.0 Å². The maximum absolute atomic E-state index is 12.5. The first-order valence-electron chi connectivity index (χ1n) is 8.81. The van der Waals surface area contributed by atoms with Gasteiger partial charge in [0.15, 0.2) is 0 Å². The summed E-state index contributed by atoms with van der Waals surface area (Å²) >= 11 is 0. The third kappa shape index (κ3) is 4.95. The number of sulfonamides is 1. The molecule has 0 spiro atoms. The van der Waals surface area contributed by atoms with Gasteiger partial charge >= 0.3 is 0 Å². The van der Waals surface area contributed by atoms with Crippen LogP contribution in [0.4, 0.5) is 0 Å². The van der Waals surface area contributed by atoms with Crippen LogP contribution in [0.5, 0.6) is 0 Å². The predicted molar refractivity (Wildman–Crippen MR) is 88.0 cm³/mol. The Bertz CT molecular complexity index is 456. The second kappa shape index (κ2) is 8.29. The lowest BCUT2D eigenvalue weighted by Crippen LogP contribution is -2.48. The minimum Gasteiger partial charge on any atom is -0.353 e. The van der Waals surface area contributed by atoms with Crippen molar-refractivity contribution >= 4 is 15.9 Å². The van der Waals surface area contributed by atoms with Crippen LogP contribution in [0.2, 0.25) is 0 Å². The van der Waals surface area contributed by atoms with Gasteiger partial charge < -0.3 is 5.32 Å². The Morgan fingerprint density at radius 3 is 2.32 bits per heavy atom. The second-order valence-corrected chi connectivity index (χ2v) is 8.91. The summed E-state index contributed by atoms with van der Waals surface area (Å²) in [4.78, 5) is 12.5. The Morgan fingerprint density at radius 2 is 1.68 bits per heavy atom. The van der Waals surface area contributed by atoms with Crippen LogP contribution in [0.3, 0.4) is 0 Å². The van der Waals surface area contributed by atoms with E-state index in [9.17, 15) is 13.2 Å². The molecule has 1 aliphatic heterocycles. The van der Waals surface area contributed by atoms with E-state index in [-0.39, 0.29) is 23.6 Å². The largest absolute Gasteiger partial charge is 0.353 e. The van der Waals surface area contributed by atoms with Gasteiger partial charge in [-0.3, -0.25) is 4.79 Å². The van der Waals surface area contributed by atoms with Gasteiger partial charge in [0.25, 0.3) is 0 Å². The average Bonchev–Trinajstić information content (AvgIpc) is 2.50. The summed E-state index contributed by atoms with van der Waals surface area (Å²) in [5.74, 6) is -0.00802. The Balaban J connectivity index is 1.88. The number of carbonyl (C=O) groups is 1. The first-order chi connectivity index (χ1) is 10.5. The summed E-state index contributed by atoms with van der Waals surface area (Å²) in [5, 5.41) is 3.19. The fourth-order valence-electron chi connectivity index (χ4n) is 3.51. The number of hydrogen-bond donors (Lipinski definition) is 1. The molecule has 0 aromatic heterocycles. The van der Waals surface area contributed by atoms with Gasteiger partial charge in [0.2, 0.25) is 15.9 Å². The van der Waals surface area contributed by atoms with Gasteiger partial charge in [-0.1, -0.05) is 32.1 Å². The second-order valence-electron chi connectivity index (χ2n) is 6.65. The van der Waals surface area contributed by atoms with Crippen molar-refractivity contribution in [2.45, 2.75) is 70.8 Å². The summed E-state index contributed by atoms with van der Waals surface area (Å²) in [6, 6.07) is 0.283. The smallest absolute Gasteiger partial charge is 0.224 e. The van der Waals surface area contributed by atoms with Crippen molar-refractivity contribution in [2.75, 3.05) is 18.8 Å². The van der Waals surface area contributed by atoms with E-state index in [0.717, 1.165) is 25.7 Å². The van der Waals surface area contributed by atoms with Gasteiger partial charge in [-0.25, -0.2) is 12.7 Å². The average molecular weight is 330 g/mol. The molecule has 0 aromatic carbocycles. The third-order valence-corrected chi connectivity index (χ3v) is 6.81. The maximum atomic E-state index is 12.5. The van der Waals surface area contributed by atoms with Crippen LogP contribution in [0, 0.1) is 5.92 Å². The fraction of sp³-hybridized carbons (Fsp3) is 0.938. The molecule has 1 atom stereocenters. The lowest BCUT2D eigenvalue weighted by molar-refractivity contribution is -0.126. The minimum atomic E-state index is -3.18.